The summed E-state index contributed by atoms with van der Waals surface area (Å²) in [6.07, 6.45) is 1.77. The van der Waals surface area contributed by atoms with Crippen LogP contribution in [0.15, 0.2) is 42.6 Å². The number of anilines is 2. The number of carbonyl (C=O) groups is 2. The lowest BCUT2D eigenvalue weighted by atomic mass is 9.84. The van der Waals surface area contributed by atoms with E-state index < -0.39 is 24.3 Å². The van der Waals surface area contributed by atoms with Crippen molar-refractivity contribution in [3.63, 3.8) is 0 Å². The number of carbonyl (C=O) groups excluding carboxylic acids is 2. The topological polar surface area (TPSA) is 80.3 Å². The van der Waals surface area contributed by atoms with E-state index in [-0.39, 0.29) is 29.0 Å². The molecule has 33 heavy (non-hydrogen) atoms. The number of fused-ring (bicyclic) bond motifs is 2. The Morgan fingerprint density at radius 1 is 1.18 bits per heavy atom. The molecule has 2 saturated carbocycles. The van der Waals surface area contributed by atoms with Gasteiger partial charge >= 0.3 is 12.1 Å². The summed E-state index contributed by atoms with van der Waals surface area (Å²) in [5.41, 5.74) is -0.687. The van der Waals surface area contributed by atoms with E-state index in [0.29, 0.717) is 11.8 Å². The molecule has 1 amide bonds. The summed E-state index contributed by atoms with van der Waals surface area (Å²) < 4.78 is 44.1. The number of amides is 1. The van der Waals surface area contributed by atoms with E-state index >= 15 is 0 Å². The molecule has 4 rings (SSSR count). The molecular weight excluding hydrogens is 435 g/mol. The minimum absolute atomic E-state index is 0.0167. The number of nitrogens with one attached hydrogen (secondary N) is 2. The highest BCUT2D eigenvalue weighted by Crippen LogP contribution is 2.49. The Morgan fingerprint density at radius 2 is 2.00 bits per heavy atom. The average molecular weight is 461 g/mol. The lowest BCUT2D eigenvalue weighted by molar-refractivity contribution is -0.137. The van der Waals surface area contributed by atoms with Crippen molar-refractivity contribution < 1.29 is 27.5 Å². The largest absolute Gasteiger partial charge is 0.452 e. The van der Waals surface area contributed by atoms with Crippen LogP contribution in [0.25, 0.3) is 0 Å². The molecule has 2 N–H and O–H groups in total. The van der Waals surface area contributed by atoms with E-state index in [4.69, 9.17) is 4.74 Å². The zero-order valence-electron chi connectivity index (χ0n) is 18.2. The fourth-order valence-corrected chi connectivity index (χ4v) is 5.10. The van der Waals surface area contributed by atoms with Gasteiger partial charge in [0, 0.05) is 17.9 Å². The average Bonchev–Trinajstić information content (AvgIpc) is 3.41. The molecule has 1 aromatic heterocycles. The van der Waals surface area contributed by atoms with Gasteiger partial charge in [-0.05, 0) is 74.3 Å². The van der Waals surface area contributed by atoms with Crippen LogP contribution in [-0.2, 0) is 15.7 Å². The Bertz CT molecular complexity index is 1030. The highest BCUT2D eigenvalue weighted by Gasteiger charge is 2.42. The number of alkyl halides is 3. The molecule has 4 atom stereocenters. The Morgan fingerprint density at radius 3 is 2.70 bits per heavy atom. The molecule has 0 saturated heterocycles. The van der Waals surface area contributed by atoms with Crippen LogP contribution in [0.3, 0.4) is 0 Å². The molecule has 6 nitrogen and oxygen atoms in total. The zero-order chi connectivity index (χ0) is 23.6. The van der Waals surface area contributed by atoms with E-state index in [9.17, 15) is 22.8 Å². The minimum Gasteiger partial charge on any atom is -0.452 e. The SMILES string of the molecule is C[C@@H](NC(=O)COC(=O)c1cccnc1Nc1cccc(C(F)(F)F)c1)[C@@H]1C[C@H]2CC[C@H]1C2. The molecule has 2 fully saturated rings. The predicted octanol–water partition coefficient (Wildman–Crippen LogP) is 4.94. The van der Waals surface area contributed by atoms with Crippen LogP contribution in [0.4, 0.5) is 24.7 Å². The highest BCUT2D eigenvalue weighted by atomic mass is 19.4. The molecule has 0 unspecified atom stereocenters. The van der Waals surface area contributed by atoms with Gasteiger partial charge in [-0.25, -0.2) is 9.78 Å². The normalized spacial score (nSPS) is 22.6. The summed E-state index contributed by atoms with van der Waals surface area (Å²) in [6.45, 7) is 1.55. The van der Waals surface area contributed by atoms with Crippen LogP contribution in [0.2, 0.25) is 0 Å². The van der Waals surface area contributed by atoms with Gasteiger partial charge in [-0.2, -0.15) is 13.2 Å². The maximum atomic E-state index is 13.0. The molecule has 1 heterocycles. The monoisotopic (exact) mass is 461 g/mol. The van der Waals surface area contributed by atoms with E-state index in [1.54, 1.807) is 0 Å². The number of aromatic nitrogens is 1. The first-order valence-corrected chi connectivity index (χ1v) is 11.1. The summed E-state index contributed by atoms with van der Waals surface area (Å²) in [5, 5.41) is 5.66. The lowest BCUT2D eigenvalue weighted by Crippen LogP contribution is -2.42. The van der Waals surface area contributed by atoms with Gasteiger partial charge in [0.15, 0.2) is 6.61 Å². The van der Waals surface area contributed by atoms with Crippen LogP contribution in [0.1, 0.15) is 48.5 Å². The highest BCUT2D eigenvalue weighted by molar-refractivity contribution is 5.96. The number of ether oxygens (including phenoxy) is 1. The Balaban J connectivity index is 1.35. The van der Waals surface area contributed by atoms with Crippen LogP contribution < -0.4 is 10.6 Å². The second kappa shape index (κ2) is 9.41. The van der Waals surface area contributed by atoms with E-state index in [0.717, 1.165) is 24.5 Å². The first kappa shape index (κ1) is 23.1. The van der Waals surface area contributed by atoms with Crippen molar-refractivity contribution in [1.29, 1.82) is 0 Å². The molecule has 2 aromatic rings. The number of esters is 1. The van der Waals surface area contributed by atoms with Crippen molar-refractivity contribution in [2.75, 3.05) is 11.9 Å². The van der Waals surface area contributed by atoms with Crippen molar-refractivity contribution in [2.45, 2.75) is 44.8 Å². The van der Waals surface area contributed by atoms with Gasteiger partial charge < -0.3 is 15.4 Å². The predicted molar refractivity (Wildman–Crippen MR) is 116 cm³/mol. The maximum absolute atomic E-state index is 13.0. The van der Waals surface area contributed by atoms with Crippen molar-refractivity contribution >= 4 is 23.4 Å². The van der Waals surface area contributed by atoms with E-state index in [1.807, 2.05) is 6.92 Å². The van der Waals surface area contributed by atoms with Crippen molar-refractivity contribution in [1.82, 2.24) is 10.3 Å². The summed E-state index contributed by atoms with van der Waals surface area (Å²) in [4.78, 5) is 28.9. The molecular formula is C24H26F3N3O3. The molecule has 176 valence electrons. The zero-order valence-corrected chi connectivity index (χ0v) is 18.2. The molecule has 2 bridgehead atoms. The van der Waals surface area contributed by atoms with Gasteiger partial charge in [0.25, 0.3) is 5.91 Å². The van der Waals surface area contributed by atoms with E-state index in [1.165, 1.54) is 49.7 Å². The number of rotatable bonds is 7. The minimum atomic E-state index is -4.49. The third-order valence-corrected chi connectivity index (χ3v) is 6.64. The number of hydrogen-bond acceptors (Lipinski definition) is 5. The number of benzene rings is 1. The van der Waals surface area contributed by atoms with Crippen LogP contribution >= 0.6 is 0 Å². The summed E-state index contributed by atoms with van der Waals surface area (Å²) in [7, 11) is 0. The first-order valence-electron chi connectivity index (χ1n) is 11.1. The molecule has 2 aliphatic carbocycles. The van der Waals surface area contributed by atoms with Gasteiger partial charge in [-0.3, -0.25) is 4.79 Å². The number of pyridine rings is 1. The van der Waals surface area contributed by atoms with Gasteiger partial charge in [-0.15, -0.1) is 0 Å². The molecule has 0 spiro atoms. The standard InChI is InChI=1S/C24H26F3N3O3/c1-14(20-11-15-7-8-16(20)10-15)29-21(31)13-33-23(32)19-6-3-9-28-22(19)30-18-5-2-4-17(12-18)24(25,26)27/h2-6,9,12,14-16,20H,7-8,10-11,13H2,1H3,(H,28,30)(H,29,31)/t14-,15+,16+,20+/m1/s1. The third-order valence-electron chi connectivity index (χ3n) is 6.64. The van der Waals surface area contributed by atoms with Gasteiger partial charge in [0.1, 0.15) is 11.4 Å². The molecule has 2 aliphatic rings. The molecule has 9 heteroatoms. The van der Waals surface area contributed by atoms with Crippen molar-refractivity contribution in [2.24, 2.45) is 17.8 Å². The Labute approximate surface area is 189 Å². The second-order valence-electron chi connectivity index (χ2n) is 8.87. The van der Waals surface area contributed by atoms with Crippen LogP contribution in [-0.4, -0.2) is 29.5 Å². The smallest absolute Gasteiger partial charge is 0.416 e. The van der Waals surface area contributed by atoms with Gasteiger partial charge in [-0.1, -0.05) is 12.5 Å². The molecule has 1 aromatic carbocycles. The summed E-state index contributed by atoms with van der Waals surface area (Å²) in [5.74, 6) is 0.760. The van der Waals surface area contributed by atoms with Crippen LogP contribution in [0.5, 0.6) is 0 Å². The first-order chi connectivity index (χ1) is 15.7. The fraction of sp³-hybridized carbons (Fsp3) is 0.458. The number of hydrogen-bond donors (Lipinski definition) is 2. The summed E-state index contributed by atoms with van der Waals surface area (Å²) in [6, 6.07) is 7.52. The molecule has 0 aliphatic heterocycles. The van der Waals surface area contributed by atoms with Crippen LogP contribution in [0, 0.1) is 17.8 Å². The van der Waals surface area contributed by atoms with E-state index in [2.05, 4.69) is 15.6 Å². The number of nitrogens with zero attached hydrogens (tertiary/aromatic N) is 1. The quantitative estimate of drug-likeness (QED) is 0.571. The summed E-state index contributed by atoms with van der Waals surface area (Å²) >= 11 is 0. The Hall–Kier alpha value is -3.10. The maximum Gasteiger partial charge on any atom is 0.416 e. The van der Waals surface area contributed by atoms with Gasteiger partial charge in [0.2, 0.25) is 0 Å². The van der Waals surface area contributed by atoms with Crippen molar-refractivity contribution in [3.05, 3.63) is 53.7 Å². The fourth-order valence-electron chi connectivity index (χ4n) is 5.10. The second-order valence-corrected chi connectivity index (χ2v) is 8.87. The van der Waals surface area contributed by atoms with Gasteiger partial charge in [0.05, 0.1) is 5.56 Å². The van der Waals surface area contributed by atoms with Crippen molar-refractivity contribution in [3.8, 4) is 0 Å². The lowest BCUT2D eigenvalue weighted by Gasteiger charge is -2.28. The molecule has 0 radical (unpaired) electrons. The Kier molecular flexibility index (Phi) is 6.58. The number of halogens is 3. The third kappa shape index (κ3) is 5.46.